The minimum Gasteiger partial charge on any atom is -0.368 e. The van der Waals surface area contributed by atoms with Crippen LogP contribution in [0.4, 0.5) is 5.95 Å². The van der Waals surface area contributed by atoms with E-state index in [2.05, 4.69) is 46.5 Å². The zero-order valence-corrected chi connectivity index (χ0v) is 12.9. The second-order valence-electron chi connectivity index (χ2n) is 5.44. The van der Waals surface area contributed by atoms with Gasteiger partial charge in [0.1, 0.15) is 5.69 Å². The first-order chi connectivity index (χ1) is 11.1. The summed E-state index contributed by atoms with van der Waals surface area (Å²) < 4.78 is 0. The largest absolute Gasteiger partial charge is 0.368 e. The summed E-state index contributed by atoms with van der Waals surface area (Å²) in [5.41, 5.74) is 9.09. The molecule has 0 fully saturated rings. The molecule has 0 saturated heterocycles. The highest BCUT2D eigenvalue weighted by Crippen LogP contribution is 2.16. The van der Waals surface area contributed by atoms with E-state index in [0.29, 0.717) is 23.1 Å². The first-order valence-electron chi connectivity index (χ1n) is 7.49. The van der Waals surface area contributed by atoms with Crippen molar-refractivity contribution >= 4 is 22.8 Å². The average molecular weight is 306 g/mol. The Labute approximate surface area is 134 Å². The molecule has 23 heavy (non-hydrogen) atoms. The maximum atomic E-state index is 12.4. The lowest BCUT2D eigenvalue weighted by molar-refractivity contribution is 0.0951. The Bertz CT molecular complexity index is 843. The Hall–Kier alpha value is -2.95. The van der Waals surface area contributed by atoms with Gasteiger partial charge in [-0.1, -0.05) is 48.0 Å². The van der Waals surface area contributed by atoms with E-state index in [4.69, 9.17) is 5.73 Å². The average Bonchev–Trinajstić information content (AvgIpc) is 2.55. The highest BCUT2D eigenvalue weighted by Gasteiger charge is 2.13. The first kappa shape index (κ1) is 15.0. The molecular weight excluding hydrogens is 288 g/mol. The van der Waals surface area contributed by atoms with Crippen molar-refractivity contribution in [2.45, 2.75) is 13.3 Å². The number of aryl methyl sites for hydroxylation is 1. The Morgan fingerprint density at radius 3 is 2.61 bits per heavy atom. The van der Waals surface area contributed by atoms with Gasteiger partial charge in [0.2, 0.25) is 5.95 Å². The minimum atomic E-state index is -0.234. The number of hydrogen-bond donors (Lipinski definition) is 2. The number of nitrogens with one attached hydrogen (secondary N) is 1. The van der Waals surface area contributed by atoms with Crippen LogP contribution in [0.15, 0.2) is 48.5 Å². The Kier molecular flexibility index (Phi) is 4.19. The molecule has 0 aliphatic rings. The summed E-state index contributed by atoms with van der Waals surface area (Å²) in [6, 6.07) is 15.6. The third-order valence-corrected chi connectivity index (χ3v) is 3.66. The van der Waals surface area contributed by atoms with Crippen LogP contribution < -0.4 is 11.1 Å². The van der Waals surface area contributed by atoms with Gasteiger partial charge in [0.05, 0.1) is 5.52 Å². The number of carbonyl (C=O) groups is 1. The smallest absolute Gasteiger partial charge is 0.270 e. The molecule has 0 aliphatic carbocycles. The molecular formula is C18H18N4O. The van der Waals surface area contributed by atoms with E-state index < -0.39 is 0 Å². The summed E-state index contributed by atoms with van der Waals surface area (Å²) in [4.78, 5) is 20.6. The third kappa shape index (κ3) is 3.45. The monoisotopic (exact) mass is 306 g/mol. The van der Waals surface area contributed by atoms with Gasteiger partial charge in [-0.3, -0.25) is 4.79 Å². The first-order valence-corrected chi connectivity index (χ1v) is 7.49. The van der Waals surface area contributed by atoms with Crippen molar-refractivity contribution in [3.05, 3.63) is 65.4 Å². The molecule has 0 aliphatic heterocycles. The van der Waals surface area contributed by atoms with E-state index in [0.717, 1.165) is 6.42 Å². The van der Waals surface area contributed by atoms with Crippen molar-refractivity contribution in [2.75, 3.05) is 12.3 Å². The highest BCUT2D eigenvalue weighted by atomic mass is 16.1. The molecule has 1 amide bonds. The van der Waals surface area contributed by atoms with Crippen molar-refractivity contribution < 1.29 is 4.79 Å². The molecule has 1 heterocycles. The summed E-state index contributed by atoms with van der Waals surface area (Å²) in [5.74, 6) is -0.130. The van der Waals surface area contributed by atoms with Crippen LogP contribution in [0, 0.1) is 6.92 Å². The zero-order chi connectivity index (χ0) is 16.2. The van der Waals surface area contributed by atoms with Gasteiger partial charge >= 0.3 is 0 Å². The number of amides is 1. The highest BCUT2D eigenvalue weighted by molar-refractivity contribution is 6.04. The van der Waals surface area contributed by atoms with Crippen LogP contribution in [0.25, 0.3) is 10.9 Å². The molecule has 0 saturated carbocycles. The molecule has 5 nitrogen and oxygen atoms in total. The number of nitrogen functional groups attached to an aromatic ring is 1. The fourth-order valence-corrected chi connectivity index (χ4v) is 2.43. The number of carbonyl (C=O) groups excluding carboxylic acids is 1. The Morgan fingerprint density at radius 2 is 1.83 bits per heavy atom. The second-order valence-corrected chi connectivity index (χ2v) is 5.44. The third-order valence-electron chi connectivity index (χ3n) is 3.66. The fraction of sp³-hybridized carbons (Fsp3) is 0.167. The molecule has 3 aromatic rings. The standard InChI is InChI=1S/C18H18N4O/c1-12-6-8-13(9-7-12)10-11-20-17(23)16-14-4-2-3-5-15(14)21-18(19)22-16/h2-9H,10-11H2,1H3,(H,20,23)(H2,19,21,22). The van der Waals surface area contributed by atoms with Crippen molar-refractivity contribution in [3.8, 4) is 0 Å². The molecule has 0 atom stereocenters. The van der Waals surface area contributed by atoms with Crippen LogP contribution in [-0.4, -0.2) is 22.4 Å². The van der Waals surface area contributed by atoms with Crippen LogP contribution in [0.2, 0.25) is 0 Å². The molecule has 0 bridgehead atoms. The van der Waals surface area contributed by atoms with Gasteiger partial charge in [0.15, 0.2) is 0 Å². The molecule has 5 heteroatoms. The molecule has 0 unspecified atom stereocenters. The van der Waals surface area contributed by atoms with Crippen LogP contribution in [0.1, 0.15) is 21.6 Å². The minimum absolute atomic E-state index is 0.104. The van der Waals surface area contributed by atoms with E-state index in [-0.39, 0.29) is 11.9 Å². The summed E-state index contributed by atoms with van der Waals surface area (Å²) in [6.07, 6.45) is 0.768. The van der Waals surface area contributed by atoms with E-state index in [1.54, 1.807) is 0 Å². The lowest BCUT2D eigenvalue weighted by Crippen LogP contribution is -2.27. The number of nitrogens with two attached hydrogens (primary N) is 1. The molecule has 0 spiro atoms. The van der Waals surface area contributed by atoms with Crippen LogP contribution in [-0.2, 0) is 6.42 Å². The van der Waals surface area contributed by atoms with Gasteiger partial charge in [0.25, 0.3) is 5.91 Å². The van der Waals surface area contributed by atoms with Gasteiger partial charge in [-0.05, 0) is 25.0 Å². The van der Waals surface area contributed by atoms with Crippen LogP contribution >= 0.6 is 0 Å². The van der Waals surface area contributed by atoms with Gasteiger partial charge in [0, 0.05) is 11.9 Å². The Morgan fingerprint density at radius 1 is 1.09 bits per heavy atom. The summed E-state index contributed by atoms with van der Waals surface area (Å²) in [6.45, 7) is 2.59. The molecule has 1 aromatic heterocycles. The molecule has 3 N–H and O–H groups in total. The Balaban J connectivity index is 1.72. The normalized spacial score (nSPS) is 10.7. The maximum absolute atomic E-state index is 12.4. The quantitative estimate of drug-likeness (QED) is 0.776. The van der Waals surface area contributed by atoms with Crippen LogP contribution in [0.3, 0.4) is 0 Å². The van der Waals surface area contributed by atoms with E-state index in [9.17, 15) is 4.79 Å². The number of benzene rings is 2. The van der Waals surface area contributed by atoms with Gasteiger partial charge in [-0.25, -0.2) is 9.97 Å². The summed E-state index contributed by atoms with van der Waals surface area (Å²) in [5, 5.41) is 3.60. The van der Waals surface area contributed by atoms with Gasteiger partial charge in [-0.15, -0.1) is 0 Å². The fourth-order valence-electron chi connectivity index (χ4n) is 2.43. The second kappa shape index (κ2) is 6.44. The van der Waals surface area contributed by atoms with Crippen molar-refractivity contribution in [1.29, 1.82) is 0 Å². The molecule has 0 radical (unpaired) electrons. The SMILES string of the molecule is Cc1ccc(CCNC(=O)c2nc(N)nc3ccccc23)cc1. The van der Waals surface area contributed by atoms with E-state index >= 15 is 0 Å². The predicted octanol–water partition coefficient (Wildman–Crippen LogP) is 2.49. The van der Waals surface area contributed by atoms with E-state index in [1.165, 1.54) is 11.1 Å². The summed E-state index contributed by atoms with van der Waals surface area (Å²) in [7, 11) is 0. The number of para-hydroxylation sites is 1. The van der Waals surface area contributed by atoms with Gasteiger partial charge < -0.3 is 11.1 Å². The zero-order valence-electron chi connectivity index (χ0n) is 12.9. The number of anilines is 1. The lowest BCUT2D eigenvalue weighted by atomic mass is 10.1. The number of nitrogens with zero attached hydrogens (tertiary/aromatic N) is 2. The summed E-state index contributed by atoms with van der Waals surface area (Å²) >= 11 is 0. The number of rotatable bonds is 4. The number of hydrogen-bond acceptors (Lipinski definition) is 4. The van der Waals surface area contributed by atoms with E-state index in [1.807, 2.05) is 24.3 Å². The van der Waals surface area contributed by atoms with Gasteiger partial charge in [-0.2, -0.15) is 0 Å². The lowest BCUT2D eigenvalue weighted by Gasteiger charge is -2.08. The maximum Gasteiger partial charge on any atom is 0.270 e. The topological polar surface area (TPSA) is 80.9 Å². The molecule has 116 valence electrons. The molecule has 3 rings (SSSR count). The van der Waals surface area contributed by atoms with Crippen molar-refractivity contribution in [3.63, 3.8) is 0 Å². The predicted molar refractivity (Wildman–Crippen MR) is 91.2 cm³/mol. The molecule has 2 aromatic carbocycles. The van der Waals surface area contributed by atoms with Crippen molar-refractivity contribution in [2.24, 2.45) is 0 Å². The number of fused-ring (bicyclic) bond motifs is 1. The van der Waals surface area contributed by atoms with Crippen molar-refractivity contribution in [1.82, 2.24) is 15.3 Å². The van der Waals surface area contributed by atoms with Crippen LogP contribution in [0.5, 0.6) is 0 Å². The number of aromatic nitrogens is 2.